The van der Waals surface area contributed by atoms with E-state index in [9.17, 15) is 9.59 Å². The van der Waals surface area contributed by atoms with Crippen molar-refractivity contribution in [3.05, 3.63) is 81.2 Å². The highest BCUT2D eigenvalue weighted by atomic mass is 79.9. The van der Waals surface area contributed by atoms with Gasteiger partial charge in [-0.25, -0.2) is 4.68 Å². The molecule has 1 amide bonds. The summed E-state index contributed by atoms with van der Waals surface area (Å²) in [6, 6.07) is 20.0. The molecule has 0 saturated carbocycles. The lowest BCUT2D eigenvalue weighted by atomic mass is 9.85. The minimum atomic E-state index is -0.496. The molecule has 3 aromatic rings. The average molecular weight is 524 g/mol. The summed E-state index contributed by atoms with van der Waals surface area (Å²) in [6.07, 6.45) is 1.52. The lowest BCUT2D eigenvalue weighted by molar-refractivity contribution is -0.132. The van der Waals surface area contributed by atoms with E-state index in [0.717, 1.165) is 43.0 Å². The molecule has 0 unspecified atom stereocenters. The fourth-order valence-electron chi connectivity index (χ4n) is 5.47. The predicted octanol–water partition coefficient (Wildman–Crippen LogP) is 3.69. The highest BCUT2D eigenvalue weighted by molar-refractivity contribution is 9.10. The molecule has 2 saturated heterocycles. The van der Waals surface area contributed by atoms with E-state index in [1.807, 2.05) is 60.5 Å². The first-order valence-electron chi connectivity index (χ1n) is 11.8. The molecule has 2 fully saturated rings. The molecule has 2 aliphatic rings. The van der Waals surface area contributed by atoms with E-state index in [1.54, 1.807) is 4.68 Å². The van der Waals surface area contributed by atoms with Gasteiger partial charge < -0.3 is 9.80 Å². The van der Waals surface area contributed by atoms with Crippen LogP contribution in [0.15, 0.2) is 69.9 Å². The summed E-state index contributed by atoms with van der Waals surface area (Å²) in [5.74, 6) is 0.206. The van der Waals surface area contributed by atoms with E-state index in [2.05, 4.69) is 49.5 Å². The molecule has 0 aliphatic carbocycles. The number of aromatic nitrogens is 2. The quantitative estimate of drug-likeness (QED) is 0.511. The van der Waals surface area contributed by atoms with Crippen LogP contribution in [0.1, 0.15) is 25.5 Å². The third-order valence-electron chi connectivity index (χ3n) is 7.23. The number of anilines is 1. The van der Waals surface area contributed by atoms with Crippen LogP contribution in [-0.4, -0.2) is 57.4 Å². The van der Waals surface area contributed by atoms with E-state index >= 15 is 0 Å². The van der Waals surface area contributed by atoms with E-state index in [1.165, 1.54) is 0 Å². The van der Waals surface area contributed by atoms with E-state index in [0.29, 0.717) is 24.2 Å². The van der Waals surface area contributed by atoms with Crippen molar-refractivity contribution in [2.24, 2.45) is 0 Å². The summed E-state index contributed by atoms with van der Waals surface area (Å²) in [4.78, 5) is 32.9. The number of halogens is 1. The zero-order valence-electron chi connectivity index (χ0n) is 19.7. The van der Waals surface area contributed by atoms with Crippen molar-refractivity contribution in [3.63, 3.8) is 0 Å². The van der Waals surface area contributed by atoms with Crippen molar-refractivity contribution < 1.29 is 4.79 Å². The van der Waals surface area contributed by atoms with Gasteiger partial charge in [-0.1, -0.05) is 36.4 Å². The molecular weight excluding hydrogens is 494 g/mol. The Morgan fingerprint density at radius 1 is 0.912 bits per heavy atom. The lowest BCUT2D eigenvalue weighted by Crippen LogP contribution is -2.56. The molecule has 0 atom stereocenters. The Morgan fingerprint density at radius 2 is 1.50 bits per heavy atom. The topological polar surface area (TPSA) is 53.7 Å². The number of hydrogen-bond donors (Lipinski definition) is 0. The summed E-state index contributed by atoms with van der Waals surface area (Å²) >= 11 is 3.58. The minimum absolute atomic E-state index is 0.0422. The Kier molecular flexibility index (Phi) is 6.12. The molecule has 8 heteroatoms. The molecule has 5 rings (SSSR count). The highest BCUT2D eigenvalue weighted by Gasteiger charge is 2.52. The first kappa shape index (κ1) is 22.9. The number of likely N-dealkylation sites (N-methyl/N-ethyl adjacent to an activating group) is 1. The minimum Gasteiger partial charge on any atom is -0.339 e. The average Bonchev–Trinajstić information content (AvgIpc) is 3.26. The largest absolute Gasteiger partial charge is 0.339 e. The number of carbonyl (C=O) groups excluding carboxylic acids is 1. The number of piperidine rings is 1. The maximum atomic E-state index is 13.3. The second-order valence-corrected chi connectivity index (χ2v) is 9.94. The van der Waals surface area contributed by atoms with Crippen molar-refractivity contribution in [2.45, 2.75) is 38.4 Å². The van der Waals surface area contributed by atoms with Gasteiger partial charge in [0, 0.05) is 38.9 Å². The fourth-order valence-corrected chi connectivity index (χ4v) is 5.96. The third-order valence-corrected chi connectivity index (χ3v) is 8.02. The number of likely N-dealkylation sites (tertiary alicyclic amines) is 1. The van der Waals surface area contributed by atoms with E-state index < -0.39 is 5.54 Å². The molecular formula is C26H30BrN5O2. The van der Waals surface area contributed by atoms with Gasteiger partial charge in [0.25, 0.3) is 5.56 Å². The molecule has 178 valence electrons. The van der Waals surface area contributed by atoms with Gasteiger partial charge in [-0.3, -0.25) is 19.2 Å². The van der Waals surface area contributed by atoms with Crippen LogP contribution in [-0.2, 0) is 17.9 Å². The van der Waals surface area contributed by atoms with Gasteiger partial charge in [0.05, 0.1) is 18.1 Å². The van der Waals surface area contributed by atoms with Gasteiger partial charge in [0.15, 0.2) is 0 Å². The van der Waals surface area contributed by atoms with Crippen molar-refractivity contribution in [2.75, 3.05) is 31.7 Å². The second kappa shape index (κ2) is 9.07. The zero-order valence-corrected chi connectivity index (χ0v) is 21.2. The summed E-state index contributed by atoms with van der Waals surface area (Å²) in [5, 5.41) is 0. The van der Waals surface area contributed by atoms with Crippen LogP contribution in [0, 0.1) is 0 Å². The van der Waals surface area contributed by atoms with Crippen LogP contribution >= 0.6 is 15.9 Å². The van der Waals surface area contributed by atoms with Gasteiger partial charge in [-0.2, -0.15) is 0 Å². The Bertz CT molecular complexity index is 1230. The van der Waals surface area contributed by atoms with Crippen LogP contribution in [0.2, 0.25) is 0 Å². The number of rotatable bonds is 5. The summed E-state index contributed by atoms with van der Waals surface area (Å²) < 4.78 is 4.41. The number of nitrogens with zero attached hydrogens (tertiary/aromatic N) is 5. The molecule has 34 heavy (non-hydrogen) atoms. The molecule has 2 aromatic carbocycles. The molecule has 7 nitrogen and oxygen atoms in total. The first-order valence-corrected chi connectivity index (χ1v) is 12.6. The predicted molar refractivity (Wildman–Crippen MR) is 137 cm³/mol. The Balaban J connectivity index is 1.39. The highest BCUT2D eigenvalue weighted by Crippen LogP contribution is 2.39. The van der Waals surface area contributed by atoms with Crippen LogP contribution in [0.3, 0.4) is 0 Å². The van der Waals surface area contributed by atoms with Gasteiger partial charge in [-0.15, -0.1) is 0 Å². The van der Waals surface area contributed by atoms with Crippen LogP contribution in [0.25, 0.3) is 5.69 Å². The number of hydrogen-bond acceptors (Lipinski definition) is 4. The monoisotopic (exact) mass is 523 g/mol. The van der Waals surface area contributed by atoms with Crippen molar-refractivity contribution in [1.82, 2.24) is 19.2 Å². The maximum absolute atomic E-state index is 13.3. The lowest BCUT2D eigenvalue weighted by Gasteiger charge is -2.43. The fraction of sp³-hybridized carbons (Fsp3) is 0.385. The number of para-hydroxylation sites is 2. The van der Waals surface area contributed by atoms with Crippen molar-refractivity contribution >= 4 is 27.5 Å². The second-order valence-electron chi connectivity index (χ2n) is 9.14. The maximum Gasteiger partial charge on any atom is 0.286 e. The smallest absolute Gasteiger partial charge is 0.286 e. The van der Waals surface area contributed by atoms with Gasteiger partial charge in [0.1, 0.15) is 10.0 Å². The zero-order chi connectivity index (χ0) is 23.9. The summed E-state index contributed by atoms with van der Waals surface area (Å²) in [6.45, 7) is 5.62. The first-order chi connectivity index (χ1) is 16.5. The van der Waals surface area contributed by atoms with Gasteiger partial charge in [-0.05, 0) is 60.0 Å². The van der Waals surface area contributed by atoms with Gasteiger partial charge >= 0.3 is 0 Å². The van der Waals surface area contributed by atoms with Crippen molar-refractivity contribution in [1.29, 1.82) is 0 Å². The van der Waals surface area contributed by atoms with Crippen molar-refractivity contribution in [3.8, 4) is 5.69 Å². The van der Waals surface area contributed by atoms with Crippen LogP contribution in [0.5, 0.6) is 0 Å². The number of amides is 1. The summed E-state index contributed by atoms with van der Waals surface area (Å²) in [5.41, 5.74) is 2.39. The molecule has 2 aliphatic heterocycles. The molecule has 3 heterocycles. The molecule has 0 bridgehead atoms. The van der Waals surface area contributed by atoms with E-state index in [4.69, 9.17) is 0 Å². The Morgan fingerprint density at radius 3 is 2.09 bits per heavy atom. The SMILES string of the molecule is CCn1c(CN2CCC3(CC2)C(=O)N(C)CN3c2ccccc2)c(Br)c(=O)n1-c1ccccc1. The molecule has 1 spiro atoms. The molecule has 0 N–H and O–H groups in total. The molecule has 1 aromatic heterocycles. The Hall–Kier alpha value is -2.84. The standard InChI is InChI=1S/C26H30BrN5O2/c1-3-31-22(23(27)24(33)32(31)21-12-8-5-9-13-21)18-29-16-14-26(15-17-29)25(34)28(2)19-30(26)20-10-6-4-7-11-20/h4-13H,3,14-19H2,1-2H3. The molecule has 0 radical (unpaired) electrons. The van der Waals surface area contributed by atoms with Crippen LogP contribution in [0.4, 0.5) is 5.69 Å². The normalized spacial score (nSPS) is 18.3. The summed E-state index contributed by atoms with van der Waals surface area (Å²) in [7, 11) is 1.89. The van der Waals surface area contributed by atoms with Gasteiger partial charge in [0.2, 0.25) is 5.91 Å². The third kappa shape index (κ3) is 3.69. The number of carbonyl (C=O) groups is 1. The number of benzene rings is 2. The Labute approximate surface area is 208 Å². The van der Waals surface area contributed by atoms with E-state index in [-0.39, 0.29) is 11.5 Å². The van der Waals surface area contributed by atoms with Crippen LogP contribution < -0.4 is 10.5 Å².